The van der Waals surface area contributed by atoms with E-state index in [1.165, 1.54) is 56.9 Å². The van der Waals surface area contributed by atoms with Gasteiger partial charge < -0.3 is 0 Å². The zero-order chi connectivity index (χ0) is 12.3. The number of hydrogen-bond acceptors (Lipinski definition) is 0. The Kier molecular flexibility index (Phi) is 4.73. The van der Waals surface area contributed by atoms with Crippen molar-refractivity contribution in [2.75, 3.05) is 0 Å². The van der Waals surface area contributed by atoms with Crippen LogP contribution < -0.4 is 0 Å². The third kappa shape index (κ3) is 2.96. The number of halogens is 1. The summed E-state index contributed by atoms with van der Waals surface area (Å²) < 4.78 is 0. The SMILES string of the molecule is CCC(C)C1CC(=C2CCC2)CCCC1=CCl. The molecule has 0 N–H and O–H groups in total. The molecule has 0 saturated heterocycles. The Morgan fingerprint density at radius 1 is 1.18 bits per heavy atom. The molecule has 0 radical (unpaired) electrons. The molecule has 0 aliphatic heterocycles. The Bertz CT molecular complexity index is 318. The highest BCUT2D eigenvalue weighted by Crippen LogP contribution is 2.42. The van der Waals surface area contributed by atoms with Gasteiger partial charge in [0.05, 0.1) is 0 Å². The third-order valence-electron chi connectivity index (χ3n) is 4.81. The van der Waals surface area contributed by atoms with Crippen LogP contribution >= 0.6 is 11.6 Å². The summed E-state index contributed by atoms with van der Waals surface area (Å²) in [7, 11) is 0. The lowest BCUT2D eigenvalue weighted by atomic mass is 9.78. The van der Waals surface area contributed by atoms with Gasteiger partial charge in [0.1, 0.15) is 0 Å². The van der Waals surface area contributed by atoms with Crippen LogP contribution in [0.25, 0.3) is 0 Å². The lowest BCUT2D eigenvalue weighted by Crippen LogP contribution is -2.14. The van der Waals surface area contributed by atoms with Crippen molar-refractivity contribution in [2.45, 2.75) is 65.2 Å². The van der Waals surface area contributed by atoms with Gasteiger partial charge in [0.15, 0.2) is 0 Å². The fourth-order valence-corrected chi connectivity index (χ4v) is 3.48. The van der Waals surface area contributed by atoms with E-state index in [1.54, 1.807) is 11.1 Å². The van der Waals surface area contributed by atoms with Gasteiger partial charge in [-0.25, -0.2) is 0 Å². The minimum absolute atomic E-state index is 0.711. The lowest BCUT2D eigenvalue weighted by Gasteiger charge is -2.27. The van der Waals surface area contributed by atoms with Crippen molar-refractivity contribution in [3.05, 3.63) is 22.3 Å². The molecule has 2 aliphatic rings. The Hall–Kier alpha value is -0.230. The Balaban J connectivity index is 2.17. The quantitative estimate of drug-likeness (QED) is 0.429. The van der Waals surface area contributed by atoms with Crippen molar-refractivity contribution in [2.24, 2.45) is 11.8 Å². The summed E-state index contributed by atoms with van der Waals surface area (Å²) in [6, 6.07) is 0. The van der Waals surface area contributed by atoms with Crippen molar-refractivity contribution in [3.63, 3.8) is 0 Å². The summed E-state index contributed by atoms with van der Waals surface area (Å²) in [5, 5.41) is 0. The van der Waals surface area contributed by atoms with Gasteiger partial charge in [-0.15, -0.1) is 0 Å². The van der Waals surface area contributed by atoms with E-state index in [4.69, 9.17) is 11.6 Å². The molecule has 2 unspecified atom stereocenters. The first kappa shape index (κ1) is 13.2. The molecule has 2 aliphatic carbocycles. The fraction of sp³-hybridized carbons (Fsp3) is 0.750. The van der Waals surface area contributed by atoms with E-state index in [0.717, 1.165) is 5.92 Å². The second kappa shape index (κ2) is 6.09. The standard InChI is InChI=1S/C16H25Cl/c1-3-12(2)16-10-14(13-6-4-7-13)8-5-9-15(16)11-17/h11-12,16H,3-10H2,1-2H3. The van der Waals surface area contributed by atoms with E-state index in [2.05, 4.69) is 13.8 Å². The zero-order valence-electron chi connectivity index (χ0n) is 11.3. The van der Waals surface area contributed by atoms with Gasteiger partial charge in [0.25, 0.3) is 0 Å². The maximum Gasteiger partial charge on any atom is 0.00375 e. The van der Waals surface area contributed by atoms with E-state index < -0.39 is 0 Å². The second-order valence-electron chi connectivity index (χ2n) is 5.79. The van der Waals surface area contributed by atoms with E-state index in [1.807, 2.05) is 5.54 Å². The predicted octanol–water partition coefficient (Wildman–Crippen LogP) is 5.83. The van der Waals surface area contributed by atoms with Crippen LogP contribution in [0.2, 0.25) is 0 Å². The van der Waals surface area contributed by atoms with Gasteiger partial charge in [-0.2, -0.15) is 0 Å². The molecule has 96 valence electrons. The molecule has 0 amide bonds. The van der Waals surface area contributed by atoms with Crippen LogP contribution in [0.4, 0.5) is 0 Å². The van der Waals surface area contributed by atoms with Crippen molar-refractivity contribution in [3.8, 4) is 0 Å². The first-order valence-electron chi connectivity index (χ1n) is 7.25. The monoisotopic (exact) mass is 252 g/mol. The molecule has 0 aromatic carbocycles. The average molecular weight is 253 g/mol. The van der Waals surface area contributed by atoms with Crippen LogP contribution in [0.5, 0.6) is 0 Å². The van der Waals surface area contributed by atoms with Crippen LogP contribution in [0, 0.1) is 11.8 Å². The van der Waals surface area contributed by atoms with Crippen molar-refractivity contribution in [1.82, 2.24) is 0 Å². The lowest BCUT2D eigenvalue weighted by molar-refractivity contribution is 0.390. The first-order valence-corrected chi connectivity index (χ1v) is 7.68. The molecule has 1 heteroatoms. The van der Waals surface area contributed by atoms with E-state index >= 15 is 0 Å². The fourth-order valence-electron chi connectivity index (χ4n) is 3.20. The zero-order valence-corrected chi connectivity index (χ0v) is 12.0. The van der Waals surface area contributed by atoms with E-state index in [9.17, 15) is 0 Å². The van der Waals surface area contributed by atoms with Crippen LogP contribution in [-0.4, -0.2) is 0 Å². The maximum absolute atomic E-state index is 6.05. The van der Waals surface area contributed by atoms with E-state index in [0.29, 0.717) is 5.92 Å². The Labute approximate surface area is 111 Å². The Morgan fingerprint density at radius 3 is 2.35 bits per heavy atom. The normalized spacial score (nSPS) is 30.1. The van der Waals surface area contributed by atoms with Crippen molar-refractivity contribution >= 4 is 11.6 Å². The van der Waals surface area contributed by atoms with Gasteiger partial charge in [-0.3, -0.25) is 0 Å². The van der Waals surface area contributed by atoms with Gasteiger partial charge in [-0.1, -0.05) is 48.6 Å². The highest BCUT2D eigenvalue weighted by atomic mass is 35.5. The molecule has 2 atom stereocenters. The predicted molar refractivity (Wildman–Crippen MR) is 76.2 cm³/mol. The summed E-state index contributed by atoms with van der Waals surface area (Å²) in [5.41, 5.74) is 6.96. The number of hydrogen-bond donors (Lipinski definition) is 0. The van der Waals surface area contributed by atoms with Gasteiger partial charge in [0.2, 0.25) is 0 Å². The minimum atomic E-state index is 0.711. The van der Waals surface area contributed by atoms with Crippen LogP contribution in [0.15, 0.2) is 22.3 Å². The first-order chi connectivity index (χ1) is 8.26. The van der Waals surface area contributed by atoms with Crippen LogP contribution in [0.3, 0.4) is 0 Å². The minimum Gasteiger partial charge on any atom is -0.0930 e. The van der Waals surface area contributed by atoms with Gasteiger partial charge in [0, 0.05) is 5.54 Å². The van der Waals surface area contributed by atoms with Gasteiger partial charge >= 0.3 is 0 Å². The summed E-state index contributed by atoms with van der Waals surface area (Å²) in [6.07, 6.45) is 10.6. The van der Waals surface area contributed by atoms with Gasteiger partial charge in [-0.05, 0) is 56.8 Å². The number of allylic oxidation sites excluding steroid dienone is 3. The Morgan fingerprint density at radius 2 is 1.82 bits per heavy atom. The topological polar surface area (TPSA) is 0 Å². The number of rotatable bonds is 2. The maximum atomic E-state index is 6.05. The smallest absolute Gasteiger partial charge is 0.00375 e. The molecule has 0 spiro atoms. The highest BCUT2D eigenvalue weighted by Gasteiger charge is 2.26. The molecule has 0 heterocycles. The molecule has 2 saturated carbocycles. The summed E-state index contributed by atoms with van der Waals surface area (Å²) >= 11 is 6.05. The van der Waals surface area contributed by atoms with Crippen molar-refractivity contribution in [1.29, 1.82) is 0 Å². The molecule has 2 fully saturated rings. The average Bonchev–Trinajstić information content (AvgIpc) is 2.48. The molecular weight excluding hydrogens is 228 g/mol. The largest absolute Gasteiger partial charge is 0.0930 e. The molecule has 2 rings (SSSR count). The summed E-state index contributed by atoms with van der Waals surface area (Å²) in [4.78, 5) is 0. The van der Waals surface area contributed by atoms with Crippen molar-refractivity contribution < 1.29 is 0 Å². The molecule has 0 aromatic heterocycles. The molecular formula is C16H25Cl. The van der Waals surface area contributed by atoms with Crippen LogP contribution in [-0.2, 0) is 0 Å². The highest BCUT2D eigenvalue weighted by molar-refractivity contribution is 6.25. The molecule has 17 heavy (non-hydrogen) atoms. The summed E-state index contributed by atoms with van der Waals surface area (Å²) in [6.45, 7) is 4.69. The molecule has 0 bridgehead atoms. The molecule has 0 nitrogen and oxygen atoms in total. The van der Waals surface area contributed by atoms with Crippen LogP contribution in [0.1, 0.15) is 65.2 Å². The molecule has 0 aromatic rings. The van der Waals surface area contributed by atoms with E-state index in [-0.39, 0.29) is 0 Å². The second-order valence-corrected chi connectivity index (χ2v) is 6.01. The third-order valence-corrected chi connectivity index (χ3v) is 5.09. The summed E-state index contributed by atoms with van der Waals surface area (Å²) in [5.74, 6) is 1.48.